The molecule has 72 valence electrons. The highest BCUT2D eigenvalue weighted by atomic mass is 15.0. The minimum absolute atomic E-state index is 0.365. The van der Waals surface area contributed by atoms with Gasteiger partial charge in [-0.3, -0.25) is 4.99 Å². The predicted octanol–water partition coefficient (Wildman–Crippen LogP) is 2.71. The van der Waals surface area contributed by atoms with Gasteiger partial charge in [0.05, 0.1) is 6.04 Å². The Morgan fingerprint density at radius 3 is 2.62 bits per heavy atom. The van der Waals surface area contributed by atoms with Crippen LogP contribution >= 0.6 is 0 Å². The van der Waals surface area contributed by atoms with E-state index in [2.05, 4.69) is 37.3 Å². The summed E-state index contributed by atoms with van der Waals surface area (Å²) in [5.41, 5.74) is 0.953. The third-order valence-electron chi connectivity index (χ3n) is 2.31. The van der Waals surface area contributed by atoms with Crippen molar-refractivity contribution in [2.45, 2.75) is 33.7 Å². The molecule has 1 aliphatic heterocycles. The van der Waals surface area contributed by atoms with E-state index in [0.29, 0.717) is 17.9 Å². The molecule has 1 heterocycles. The first-order chi connectivity index (χ1) is 6.02. The SMILES string of the molecule is C=C(C)C1=NC(C(C)C)C(C)C=N1. The molecule has 0 aromatic heterocycles. The molecule has 1 aliphatic rings. The fourth-order valence-electron chi connectivity index (χ4n) is 1.55. The third-order valence-corrected chi connectivity index (χ3v) is 2.31. The van der Waals surface area contributed by atoms with Gasteiger partial charge in [-0.2, -0.15) is 0 Å². The second-order valence-corrected chi connectivity index (χ2v) is 4.10. The number of hydrogen-bond donors (Lipinski definition) is 0. The fraction of sp³-hybridized carbons (Fsp3) is 0.636. The maximum absolute atomic E-state index is 4.58. The van der Waals surface area contributed by atoms with Gasteiger partial charge in [0.15, 0.2) is 0 Å². The van der Waals surface area contributed by atoms with Crippen molar-refractivity contribution >= 4 is 12.1 Å². The normalized spacial score (nSPS) is 27.6. The first kappa shape index (κ1) is 10.2. The van der Waals surface area contributed by atoms with Gasteiger partial charge in [-0.15, -0.1) is 0 Å². The molecular formula is C11H18N2. The Labute approximate surface area is 80.5 Å². The van der Waals surface area contributed by atoms with E-state index >= 15 is 0 Å². The van der Waals surface area contributed by atoms with Crippen LogP contribution in [0.5, 0.6) is 0 Å². The molecule has 0 saturated carbocycles. The molecule has 0 saturated heterocycles. The summed E-state index contributed by atoms with van der Waals surface area (Å²) in [6.45, 7) is 12.3. The Balaban J connectivity index is 2.86. The average Bonchev–Trinajstić information content (AvgIpc) is 2.04. The van der Waals surface area contributed by atoms with Gasteiger partial charge in [0.1, 0.15) is 5.84 Å². The van der Waals surface area contributed by atoms with E-state index in [-0.39, 0.29) is 0 Å². The minimum atomic E-state index is 0.365. The standard InChI is InChI=1S/C11H18N2/c1-7(2)10-9(5)6-12-11(13-10)8(3)4/h6-7,9-10H,3H2,1-2,4-5H3. The Bertz CT molecular complexity index is 261. The lowest BCUT2D eigenvalue weighted by Gasteiger charge is -2.24. The third kappa shape index (κ3) is 2.27. The summed E-state index contributed by atoms with van der Waals surface area (Å²) in [5, 5.41) is 0. The number of aliphatic imine (C=N–C) groups is 2. The molecule has 13 heavy (non-hydrogen) atoms. The molecular weight excluding hydrogens is 160 g/mol. The summed E-state index contributed by atoms with van der Waals surface area (Å²) >= 11 is 0. The van der Waals surface area contributed by atoms with Gasteiger partial charge in [-0.05, 0) is 18.4 Å². The first-order valence-corrected chi connectivity index (χ1v) is 4.80. The van der Waals surface area contributed by atoms with Crippen LogP contribution in [0, 0.1) is 11.8 Å². The zero-order valence-electron chi connectivity index (χ0n) is 8.91. The molecule has 0 radical (unpaired) electrons. The summed E-state index contributed by atoms with van der Waals surface area (Å²) in [6.07, 6.45) is 1.99. The smallest absolute Gasteiger partial charge is 0.149 e. The van der Waals surface area contributed by atoms with Crippen molar-refractivity contribution < 1.29 is 0 Å². The van der Waals surface area contributed by atoms with Gasteiger partial charge in [0, 0.05) is 12.1 Å². The summed E-state index contributed by atoms with van der Waals surface area (Å²) in [7, 11) is 0. The number of hydrogen-bond acceptors (Lipinski definition) is 2. The van der Waals surface area contributed by atoms with Crippen molar-refractivity contribution in [3.8, 4) is 0 Å². The molecule has 0 aromatic carbocycles. The van der Waals surface area contributed by atoms with Gasteiger partial charge in [0.25, 0.3) is 0 Å². The van der Waals surface area contributed by atoms with Crippen molar-refractivity contribution in [3.63, 3.8) is 0 Å². The van der Waals surface area contributed by atoms with Crippen molar-refractivity contribution in [1.29, 1.82) is 0 Å². The quantitative estimate of drug-likeness (QED) is 0.621. The zero-order valence-corrected chi connectivity index (χ0v) is 8.91. The highest BCUT2D eigenvalue weighted by Crippen LogP contribution is 2.20. The van der Waals surface area contributed by atoms with Crippen LogP contribution in [0.4, 0.5) is 0 Å². The lowest BCUT2D eigenvalue weighted by atomic mass is 9.92. The second-order valence-electron chi connectivity index (χ2n) is 4.10. The van der Waals surface area contributed by atoms with E-state index in [0.717, 1.165) is 11.4 Å². The molecule has 0 bridgehead atoms. The van der Waals surface area contributed by atoms with Crippen LogP contribution in [-0.2, 0) is 0 Å². The molecule has 2 unspecified atom stereocenters. The van der Waals surface area contributed by atoms with Crippen LogP contribution < -0.4 is 0 Å². The van der Waals surface area contributed by atoms with Gasteiger partial charge in [-0.1, -0.05) is 27.4 Å². The van der Waals surface area contributed by atoms with Crippen molar-refractivity contribution in [1.82, 2.24) is 0 Å². The maximum atomic E-state index is 4.58. The Kier molecular flexibility index (Phi) is 3.02. The Morgan fingerprint density at radius 1 is 1.54 bits per heavy atom. The largest absolute Gasteiger partial charge is 0.262 e. The van der Waals surface area contributed by atoms with E-state index in [1.807, 2.05) is 13.1 Å². The molecule has 0 aliphatic carbocycles. The molecule has 0 amide bonds. The Morgan fingerprint density at radius 2 is 2.15 bits per heavy atom. The lowest BCUT2D eigenvalue weighted by Crippen LogP contribution is -2.28. The molecule has 0 aromatic rings. The molecule has 2 atom stereocenters. The highest BCUT2D eigenvalue weighted by Gasteiger charge is 2.22. The molecule has 2 nitrogen and oxygen atoms in total. The lowest BCUT2D eigenvalue weighted by molar-refractivity contribution is 0.434. The first-order valence-electron chi connectivity index (χ1n) is 4.80. The van der Waals surface area contributed by atoms with E-state index in [1.54, 1.807) is 0 Å². The van der Waals surface area contributed by atoms with Gasteiger partial charge in [0.2, 0.25) is 0 Å². The van der Waals surface area contributed by atoms with Crippen LogP contribution in [0.25, 0.3) is 0 Å². The van der Waals surface area contributed by atoms with Crippen LogP contribution in [-0.4, -0.2) is 18.1 Å². The van der Waals surface area contributed by atoms with E-state index in [9.17, 15) is 0 Å². The summed E-state index contributed by atoms with van der Waals surface area (Å²) < 4.78 is 0. The van der Waals surface area contributed by atoms with Crippen LogP contribution in [0.15, 0.2) is 22.1 Å². The average molecular weight is 178 g/mol. The molecule has 0 spiro atoms. The van der Waals surface area contributed by atoms with Crippen LogP contribution in [0.1, 0.15) is 27.7 Å². The van der Waals surface area contributed by atoms with E-state index < -0.39 is 0 Å². The highest BCUT2D eigenvalue weighted by molar-refractivity contribution is 6.03. The molecule has 0 fully saturated rings. The molecule has 1 rings (SSSR count). The van der Waals surface area contributed by atoms with Crippen molar-refractivity contribution in [2.24, 2.45) is 21.8 Å². The second kappa shape index (κ2) is 3.86. The van der Waals surface area contributed by atoms with Crippen LogP contribution in [0.2, 0.25) is 0 Å². The van der Waals surface area contributed by atoms with Crippen LogP contribution in [0.3, 0.4) is 0 Å². The topological polar surface area (TPSA) is 24.7 Å². The number of amidine groups is 1. The minimum Gasteiger partial charge on any atom is -0.262 e. The number of nitrogens with zero attached hydrogens (tertiary/aromatic N) is 2. The predicted molar refractivity (Wildman–Crippen MR) is 58.5 cm³/mol. The zero-order chi connectivity index (χ0) is 10.0. The van der Waals surface area contributed by atoms with Gasteiger partial charge in [-0.25, -0.2) is 4.99 Å². The summed E-state index contributed by atoms with van der Waals surface area (Å²) in [4.78, 5) is 8.85. The maximum Gasteiger partial charge on any atom is 0.149 e. The summed E-state index contributed by atoms with van der Waals surface area (Å²) in [6, 6.07) is 0.365. The van der Waals surface area contributed by atoms with E-state index in [4.69, 9.17) is 0 Å². The summed E-state index contributed by atoms with van der Waals surface area (Å²) in [5.74, 6) is 1.83. The van der Waals surface area contributed by atoms with E-state index in [1.165, 1.54) is 0 Å². The fourth-order valence-corrected chi connectivity index (χ4v) is 1.55. The van der Waals surface area contributed by atoms with Crippen molar-refractivity contribution in [3.05, 3.63) is 12.2 Å². The monoisotopic (exact) mass is 178 g/mol. The van der Waals surface area contributed by atoms with Crippen molar-refractivity contribution in [2.75, 3.05) is 0 Å². The van der Waals surface area contributed by atoms with Gasteiger partial charge < -0.3 is 0 Å². The van der Waals surface area contributed by atoms with Gasteiger partial charge >= 0.3 is 0 Å². The Hall–Kier alpha value is -0.920. The number of rotatable bonds is 2. The molecule has 0 N–H and O–H groups in total. The molecule has 2 heteroatoms.